The average Bonchev–Trinajstić information content (AvgIpc) is 2.48. The van der Waals surface area contributed by atoms with Crippen LogP contribution < -0.4 is 10.1 Å². The molecular weight excluding hydrogens is 256 g/mol. The molecule has 5 nitrogen and oxygen atoms in total. The molecule has 5 heteroatoms. The first-order valence-electron chi connectivity index (χ1n) is 7.24. The highest BCUT2D eigenvalue weighted by Gasteiger charge is 2.22. The summed E-state index contributed by atoms with van der Waals surface area (Å²) >= 11 is 0. The van der Waals surface area contributed by atoms with Crippen LogP contribution in [0.4, 0.5) is 0 Å². The van der Waals surface area contributed by atoms with Crippen molar-refractivity contribution >= 4 is 5.91 Å². The molecule has 2 N–H and O–H groups in total. The van der Waals surface area contributed by atoms with Crippen LogP contribution in [-0.4, -0.2) is 35.3 Å². The van der Waals surface area contributed by atoms with Crippen LogP contribution in [0.2, 0.25) is 0 Å². The first kappa shape index (κ1) is 14.8. The summed E-state index contributed by atoms with van der Waals surface area (Å²) in [5, 5.41) is 11.8. The first-order chi connectivity index (χ1) is 9.72. The molecule has 1 aromatic rings. The lowest BCUT2D eigenvalue weighted by Gasteiger charge is -2.27. The molecule has 1 amide bonds. The van der Waals surface area contributed by atoms with Gasteiger partial charge < -0.3 is 15.2 Å². The number of hydrogen-bond acceptors (Lipinski definition) is 4. The Labute approximate surface area is 119 Å². The number of pyridine rings is 1. The molecule has 0 atom stereocenters. The predicted octanol–water partition coefficient (Wildman–Crippen LogP) is 1.76. The lowest BCUT2D eigenvalue weighted by atomic mass is 9.88. The fourth-order valence-electron chi connectivity index (χ4n) is 2.48. The highest BCUT2D eigenvalue weighted by molar-refractivity contribution is 5.92. The molecular formula is C15H22N2O3. The zero-order valence-electron chi connectivity index (χ0n) is 11.8. The van der Waals surface area contributed by atoms with Crippen LogP contribution >= 0.6 is 0 Å². The van der Waals surface area contributed by atoms with Gasteiger partial charge >= 0.3 is 0 Å². The Bertz CT molecular complexity index is 442. The predicted molar refractivity (Wildman–Crippen MR) is 75.7 cm³/mol. The van der Waals surface area contributed by atoms with Gasteiger partial charge in [-0.2, -0.15) is 0 Å². The van der Waals surface area contributed by atoms with Gasteiger partial charge in [-0.25, -0.2) is 0 Å². The number of carbonyl (C=O) groups is 1. The van der Waals surface area contributed by atoms with E-state index in [0.29, 0.717) is 23.9 Å². The van der Waals surface area contributed by atoms with Crippen molar-refractivity contribution in [2.24, 2.45) is 5.92 Å². The maximum atomic E-state index is 11.7. The van der Waals surface area contributed by atoms with Gasteiger partial charge in [0.25, 0.3) is 5.91 Å². The van der Waals surface area contributed by atoms with Crippen molar-refractivity contribution in [3.8, 4) is 5.75 Å². The number of aliphatic hydroxyl groups excluding tert-OH is 1. The van der Waals surface area contributed by atoms with Crippen LogP contribution in [0.5, 0.6) is 5.75 Å². The molecule has 1 fully saturated rings. The third kappa shape index (κ3) is 3.93. The van der Waals surface area contributed by atoms with Gasteiger partial charge in [0, 0.05) is 25.4 Å². The topological polar surface area (TPSA) is 71.5 Å². The van der Waals surface area contributed by atoms with E-state index in [1.165, 1.54) is 0 Å². The monoisotopic (exact) mass is 278 g/mol. The molecule has 0 aliphatic heterocycles. The summed E-state index contributed by atoms with van der Waals surface area (Å²) in [6.07, 6.45) is 5.65. The summed E-state index contributed by atoms with van der Waals surface area (Å²) in [7, 11) is 0. The number of rotatable bonds is 5. The number of aromatic nitrogens is 1. The number of hydrogen-bond donors (Lipinski definition) is 2. The minimum absolute atomic E-state index is 0.169. The molecule has 1 aromatic heterocycles. The van der Waals surface area contributed by atoms with Gasteiger partial charge in [-0.3, -0.25) is 9.78 Å². The van der Waals surface area contributed by atoms with Crippen molar-refractivity contribution in [3.63, 3.8) is 0 Å². The Morgan fingerprint density at radius 2 is 2.20 bits per heavy atom. The average molecular weight is 278 g/mol. The zero-order valence-corrected chi connectivity index (χ0v) is 11.8. The minimum atomic E-state index is -0.179. The highest BCUT2D eigenvalue weighted by atomic mass is 16.5. The number of amides is 1. The third-order valence-electron chi connectivity index (χ3n) is 3.66. The van der Waals surface area contributed by atoms with E-state index in [4.69, 9.17) is 9.84 Å². The van der Waals surface area contributed by atoms with E-state index in [1.807, 2.05) is 6.92 Å². The molecule has 1 aliphatic carbocycles. The lowest BCUT2D eigenvalue weighted by molar-refractivity contribution is 0.0943. The highest BCUT2D eigenvalue weighted by Crippen LogP contribution is 2.27. The second-order valence-electron chi connectivity index (χ2n) is 5.18. The third-order valence-corrected chi connectivity index (χ3v) is 3.66. The number of nitrogens with zero attached hydrogens (tertiary/aromatic N) is 1. The normalized spacial score (nSPS) is 22.3. The summed E-state index contributed by atoms with van der Waals surface area (Å²) in [5.41, 5.74) is 0.383. The van der Waals surface area contributed by atoms with Crippen LogP contribution in [0.25, 0.3) is 0 Å². The molecule has 1 aliphatic rings. The SMILES string of the molecule is CCNC(=O)c1cc(OC2CCC(CO)CC2)ccn1. The Morgan fingerprint density at radius 3 is 2.85 bits per heavy atom. The van der Waals surface area contributed by atoms with Crippen LogP contribution in [-0.2, 0) is 0 Å². The Balaban J connectivity index is 1.93. The van der Waals surface area contributed by atoms with Gasteiger partial charge in [0.15, 0.2) is 0 Å². The summed E-state index contributed by atoms with van der Waals surface area (Å²) < 4.78 is 5.92. The van der Waals surface area contributed by atoms with Crippen LogP contribution in [0, 0.1) is 5.92 Å². The van der Waals surface area contributed by atoms with E-state index in [9.17, 15) is 4.79 Å². The van der Waals surface area contributed by atoms with E-state index in [1.54, 1.807) is 18.3 Å². The molecule has 0 aromatic carbocycles. The molecule has 1 heterocycles. The van der Waals surface area contributed by atoms with Gasteiger partial charge in [0.05, 0.1) is 6.10 Å². The van der Waals surface area contributed by atoms with Crippen molar-refractivity contribution in [2.75, 3.05) is 13.2 Å². The molecule has 0 bridgehead atoms. The van der Waals surface area contributed by atoms with Crippen molar-refractivity contribution in [1.82, 2.24) is 10.3 Å². The van der Waals surface area contributed by atoms with Gasteiger partial charge in [-0.05, 0) is 44.6 Å². The van der Waals surface area contributed by atoms with Gasteiger partial charge in [0.2, 0.25) is 0 Å². The largest absolute Gasteiger partial charge is 0.490 e. The summed E-state index contributed by atoms with van der Waals surface area (Å²) in [6, 6.07) is 3.46. The molecule has 0 saturated heterocycles. The van der Waals surface area contributed by atoms with Crippen molar-refractivity contribution in [3.05, 3.63) is 24.0 Å². The van der Waals surface area contributed by atoms with Crippen LogP contribution in [0.15, 0.2) is 18.3 Å². The molecule has 0 spiro atoms. The summed E-state index contributed by atoms with van der Waals surface area (Å²) in [4.78, 5) is 15.8. The minimum Gasteiger partial charge on any atom is -0.490 e. The van der Waals surface area contributed by atoms with E-state index in [0.717, 1.165) is 25.7 Å². The quantitative estimate of drug-likeness (QED) is 0.861. The molecule has 1 saturated carbocycles. The maximum Gasteiger partial charge on any atom is 0.270 e. The fourth-order valence-corrected chi connectivity index (χ4v) is 2.48. The number of carbonyl (C=O) groups excluding carboxylic acids is 1. The summed E-state index contributed by atoms with van der Waals surface area (Å²) in [5.74, 6) is 0.925. The van der Waals surface area contributed by atoms with Gasteiger partial charge in [0.1, 0.15) is 11.4 Å². The number of ether oxygens (including phenoxy) is 1. The lowest BCUT2D eigenvalue weighted by Crippen LogP contribution is -2.26. The van der Waals surface area contributed by atoms with Crippen LogP contribution in [0.1, 0.15) is 43.1 Å². The zero-order chi connectivity index (χ0) is 14.4. The second-order valence-corrected chi connectivity index (χ2v) is 5.18. The fraction of sp³-hybridized carbons (Fsp3) is 0.600. The van der Waals surface area contributed by atoms with E-state index < -0.39 is 0 Å². The van der Waals surface area contributed by atoms with Gasteiger partial charge in [-0.15, -0.1) is 0 Å². The molecule has 0 radical (unpaired) electrons. The van der Waals surface area contributed by atoms with Crippen LogP contribution in [0.3, 0.4) is 0 Å². The standard InChI is InChI=1S/C15H22N2O3/c1-2-16-15(19)14-9-13(7-8-17-14)20-12-5-3-11(10-18)4-6-12/h7-9,11-12,18H,2-6,10H2,1H3,(H,16,19). The van der Waals surface area contributed by atoms with E-state index in [-0.39, 0.29) is 18.6 Å². The second kappa shape index (κ2) is 7.24. The molecule has 0 unspecified atom stereocenters. The molecule has 20 heavy (non-hydrogen) atoms. The van der Waals surface area contributed by atoms with E-state index >= 15 is 0 Å². The maximum absolute atomic E-state index is 11.7. The van der Waals surface area contributed by atoms with Crippen molar-refractivity contribution in [1.29, 1.82) is 0 Å². The van der Waals surface area contributed by atoms with E-state index in [2.05, 4.69) is 10.3 Å². The molecule has 2 rings (SSSR count). The molecule has 110 valence electrons. The Morgan fingerprint density at radius 1 is 1.45 bits per heavy atom. The van der Waals surface area contributed by atoms with Gasteiger partial charge in [-0.1, -0.05) is 0 Å². The summed E-state index contributed by atoms with van der Waals surface area (Å²) in [6.45, 7) is 2.72. The number of nitrogens with one attached hydrogen (secondary N) is 1. The Hall–Kier alpha value is -1.62. The smallest absolute Gasteiger partial charge is 0.270 e. The van der Waals surface area contributed by atoms with Crippen molar-refractivity contribution < 1.29 is 14.6 Å². The first-order valence-corrected chi connectivity index (χ1v) is 7.24. The number of aliphatic hydroxyl groups is 1. The Kier molecular flexibility index (Phi) is 5.35. The van der Waals surface area contributed by atoms with Crippen molar-refractivity contribution in [2.45, 2.75) is 38.7 Å².